The number of aliphatic imine (C=N–C) groups is 1. The third-order valence-corrected chi connectivity index (χ3v) is 2.24. The van der Waals surface area contributed by atoms with E-state index in [9.17, 15) is 0 Å². The minimum absolute atomic E-state index is 0.511. The molecule has 0 radical (unpaired) electrons. The van der Waals surface area contributed by atoms with Crippen LogP contribution in [0.1, 0.15) is 20.8 Å². The smallest absolute Gasteiger partial charge is 0.157 e. The van der Waals surface area contributed by atoms with E-state index >= 15 is 0 Å². The fraction of sp³-hybridized carbons (Fsp3) is 0.857. The third kappa shape index (κ3) is 2.21. The number of nitrogens with one attached hydrogen (secondary N) is 1. The van der Waals surface area contributed by atoms with Gasteiger partial charge in [-0.2, -0.15) is 0 Å². The van der Waals surface area contributed by atoms with E-state index in [-0.39, 0.29) is 0 Å². The van der Waals surface area contributed by atoms with E-state index in [0.717, 1.165) is 11.7 Å². The molecule has 1 heterocycles. The van der Waals surface area contributed by atoms with Gasteiger partial charge in [-0.3, -0.25) is 4.99 Å². The molecular weight excluding hydrogens is 144 g/mol. The van der Waals surface area contributed by atoms with Crippen molar-refractivity contribution < 1.29 is 0 Å². The first-order chi connectivity index (χ1) is 4.68. The Labute approximate surface area is 66.5 Å². The number of hydrogen-bond donors (Lipinski definition) is 1. The summed E-state index contributed by atoms with van der Waals surface area (Å²) in [5.41, 5.74) is 0. The van der Waals surface area contributed by atoms with Gasteiger partial charge in [0.25, 0.3) is 0 Å². The van der Waals surface area contributed by atoms with Crippen LogP contribution in [0, 0.1) is 0 Å². The first-order valence-electron chi connectivity index (χ1n) is 3.66. The maximum Gasteiger partial charge on any atom is 0.157 e. The Balaban J connectivity index is 2.30. The first-order valence-corrected chi connectivity index (χ1v) is 4.54. The maximum absolute atomic E-state index is 4.33. The van der Waals surface area contributed by atoms with Crippen LogP contribution in [0.25, 0.3) is 0 Å². The average molecular weight is 158 g/mol. The molecule has 1 atom stereocenters. The molecule has 0 aliphatic carbocycles. The van der Waals surface area contributed by atoms with E-state index in [1.807, 2.05) is 11.8 Å². The van der Waals surface area contributed by atoms with Gasteiger partial charge in [-0.1, -0.05) is 18.7 Å². The van der Waals surface area contributed by atoms with Crippen LogP contribution >= 0.6 is 11.8 Å². The van der Waals surface area contributed by atoms with Crippen molar-refractivity contribution in [2.24, 2.45) is 4.99 Å². The van der Waals surface area contributed by atoms with Crippen molar-refractivity contribution in [3.05, 3.63) is 0 Å². The van der Waals surface area contributed by atoms with Crippen molar-refractivity contribution in [2.75, 3.05) is 6.54 Å². The van der Waals surface area contributed by atoms with Crippen LogP contribution in [-0.4, -0.2) is 23.0 Å². The maximum atomic E-state index is 4.33. The summed E-state index contributed by atoms with van der Waals surface area (Å²) in [5.74, 6) is 0. The second kappa shape index (κ2) is 3.28. The van der Waals surface area contributed by atoms with Gasteiger partial charge in [0.2, 0.25) is 0 Å². The highest BCUT2D eigenvalue weighted by molar-refractivity contribution is 8.14. The topological polar surface area (TPSA) is 24.4 Å². The molecule has 3 heteroatoms. The standard InChI is InChI=1S/C7H14N2S/c1-5(2)9-7-8-4-6(3)10-7/h5-6H,4H2,1-3H3,(H,8,9). The normalized spacial score (nSPS) is 25.2. The lowest BCUT2D eigenvalue weighted by Gasteiger charge is -2.08. The van der Waals surface area contributed by atoms with E-state index in [0.29, 0.717) is 11.3 Å². The predicted octanol–water partition coefficient (Wildman–Crippen LogP) is 1.48. The van der Waals surface area contributed by atoms with Crippen molar-refractivity contribution >= 4 is 16.9 Å². The molecule has 0 aromatic rings. The minimum Gasteiger partial charge on any atom is -0.363 e. The van der Waals surface area contributed by atoms with Crippen molar-refractivity contribution in [1.82, 2.24) is 5.32 Å². The highest BCUT2D eigenvalue weighted by atomic mass is 32.2. The molecule has 1 N–H and O–H groups in total. The summed E-state index contributed by atoms with van der Waals surface area (Å²) in [7, 11) is 0. The van der Waals surface area contributed by atoms with Crippen LogP contribution < -0.4 is 5.32 Å². The van der Waals surface area contributed by atoms with Crippen LogP contribution in [-0.2, 0) is 0 Å². The quantitative estimate of drug-likeness (QED) is 0.625. The molecule has 0 amide bonds. The highest BCUT2D eigenvalue weighted by Gasteiger charge is 2.14. The van der Waals surface area contributed by atoms with Crippen molar-refractivity contribution in [3.8, 4) is 0 Å². The summed E-state index contributed by atoms with van der Waals surface area (Å²) in [6.45, 7) is 7.43. The Kier molecular flexibility index (Phi) is 2.60. The molecule has 58 valence electrons. The van der Waals surface area contributed by atoms with E-state index in [1.54, 1.807) is 0 Å². The second-order valence-electron chi connectivity index (χ2n) is 2.87. The Hall–Kier alpha value is -0.180. The van der Waals surface area contributed by atoms with Crippen molar-refractivity contribution in [3.63, 3.8) is 0 Å². The minimum atomic E-state index is 0.511. The number of thioether (sulfide) groups is 1. The zero-order chi connectivity index (χ0) is 7.56. The van der Waals surface area contributed by atoms with Gasteiger partial charge in [0.05, 0.1) is 6.54 Å². The zero-order valence-electron chi connectivity index (χ0n) is 6.72. The van der Waals surface area contributed by atoms with E-state index in [2.05, 4.69) is 31.1 Å². The van der Waals surface area contributed by atoms with Crippen LogP contribution in [0.3, 0.4) is 0 Å². The summed E-state index contributed by atoms with van der Waals surface area (Å²) in [4.78, 5) is 4.33. The SMILES string of the molecule is CC(C)NC1=NCC(C)S1. The van der Waals surface area contributed by atoms with Crippen molar-refractivity contribution in [1.29, 1.82) is 0 Å². The molecule has 1 aliphatic rings. The van der Waals surface area contributed by atoms with Gasteiger partial charge in [-0.05, 0) is 13.8 Å². The zero-order valence-corrected chi connectivity index (χ0v) is 7.53. The van der Waals surface area contributed by atoms with Gasteiger partial charge in [-0.25, -0.2) is 0 Å². The molecule has 0 spiro atoms. The summed E-state index contributed by atoms with van der Waals surface area (Å²) in [6.07, 6.45) is 0. The molecule has 0 saturated carbocycles. The van der Waals surface area contributed by atoms with Crippen LogP contribution in [0.4, 0.5) is 0 Å². The summed E-state index contributed by atoms with van der Waals surface area (Å²) < 4.78 is 0. The van der Waals surface area contributed by atoms with Gasteiger partial charge < -0.3 is 5.32 Å². The molecule has 0 fully saturated rings. The number of hydrogen-bond acceptors (Lipinski definition) is 3. The molecule has 1 unspecified atom stereocenters. The summed E-state index contributed by atoms with van der Waals surface area (Å²) in [6, 6.07) is 0.511. The van der Waals surface area contributed by atoms with Gasteiger partial charge in [-0.15, -0.1) is 0 Å². The fourth-order valence-corrected chi connectivity index (χ4v) is 1.79. The largest absolute Gasteiger partial charge is 0.363 e. The Morgan fingerprint density at radius 3 is 2.80 bits per heavy atom. The second-order valence-corrected chi connectivity index (χ2v) is 4.30. The molecule has 0 bridgehead atoms. The van der Waals surface area contributed by atoms with Crippen molar-refractivity contribution in [2.45, 2.75) is 32.1 Å². The number of rotatable bonds is 1. The molecule has 1 rings (SSSR count). The van der Waals surface area contributed by atoms with Crippen LogP contribution in [0.2, 0.25) is 0 Å². The van der Waals surface area contributed by atoms with E-state index < -0.39 is 0 Å². The molecule has 0 aromatic heterocycles. The highest BCUT2D eigenvalue weighted by Crippen LogP contribution is 2.18. The number of nitrogens with zero attached hydrogens (tertiary/aromatic N) is 1. The lowest BCUT2D eigenvalue weighted by Crippen LogP contribution is -2.26. The molecule has 1 aliphatic heterocycles. The number of amidine groups is 1. The molecule has 10 heavy (non-hydrogen) atoms. The van der Waals surface area contributed by atoms with Gasteiger partial charge in [0, 0.05) is 11.3 Å². The van der Waals surface area contributed by atoms with E-state index in [1.165, 1.54) is 0 Å². The van der Waals surface area contributed by atoms with Crippen LogP contribution in [0.5, 0.6) is 0 Å². The monoisotopic (exact) mass is 158 g/mol. The predicted molar refractivity (Wildman–Crippen MR) is 47.6 cm³/mol. The summed E-state index contributed by atoms with van der Waals surface area (Å²) in [5, 5.41) is 5.07. The third-order valence-electron chi connectivity index (χ3n) is 1.22. The lowest BCUT2D eigenvalue weighted by atomic mass is 10.4. The first kappa shape index (κ1) is 7.92. The lowest BCUT2D eigenvalue weighted by molar-refractivity contribution is 0.739. The van der Waals surface area contributed by atoms with Gasteiger partial charge in [0.1, 0.15) is 0 Å². The summed E-state index contributed by atoms with van der Waals surface area (Å²) >= 11 is 1.83. The Bertz CT molecular complexity index is 143. The van der Waals surface area contributed by atoms with Crippen LogP contribution in [0.15, 0.2) is 4.99 Å². The molecular formula is C7H14N2S. The molecule has 0 saturated heterocycles. The van der Waals surface area contributed by atoms with Gasteiger partial charge >= 0.3 is 0 Å². The average Bonchev–Trinajstić information content (AvgIpc) is 2.13. The fourth-order valence-electron chi connectivity index (χ4n) is 0.803. The van der Waals surface area contributed by atoms with Gasteiger partial charge in [0.15, 0.2) is 5.17 Å². The molecule has 0 aromatic carbocycles. The Morgan fingerprint density at radius 1 is 1.70 bits per heavy atom. The Morgan fingerprint density at radius 2 is 2.40 bits per heavy atom. The molecule has 2 nitrogen and oxygen atoms in total. The van der Waals surface area contributed by atoms with E-state index in [4.69, 9.17) is 0 Å².